The number of hydrogen-bond donors (Lipinski definition) is 1. The van der Waals surface area contributed by atoms with Gasteiger partial charge in [-0.15, -0.1) is 22.1 Å². The van der Waals surface area contributed by atoms with E-state index in [2.05, 4.69) is 84.5 Å². The van der Waals surface area contributed by atoms with E-state index in [-0.39, 0.29) is 23.1 Å². The van der Waals surface area contributed by atoms with Crippen molar-refractivity contribution in [1.29, 1.82) is 0 Å². The van der Waals surface area contributed by atoms with Gasteiger partial charge in [0.2, 0.25) is 0 Å². The first-order valence-electron chi connectivity index (χ1n) is 21.9. The number of hydrogen-bond acceptors (Lipinski definition) is 5. The van der Waals surface area contributed by atoms with Gasteiger partial charge in [0, 0.05) is 25.2 Å². The fourth-order valence-electron chi connectivity index (χ4n) is 10.9. The molecule has 1 saturated carbocycles. The molecule has 290 valence electrons. The second-order valence-electron chi connectivity index (χ2n) is 17.1. The molecular formula is C47H61MnN7+. The van der Waals surface area contributed by atoms with Crippen LogP contribution in [0.3, 0.4) is 0 Å². The van der Waals surface area contributed by atoms with Gasteiger partial charge in [0.15, 0.2) is 0 Å². The molecule has 9 rings (SSSR count). The van der Waals surface area contributed by atoms with Gasteiger partial charge < -0.3 is 25.1 Å². The molecule has 0 spiro atoms. The van der Waals surface area contributed by atoms with Crippen LogP contribution in [-0.4, -0.2) is 65.1 Å². The van der Waals surface area contributed by atoms with Gasteiger partial charge in [-0.05, 0) is 148 Å². The number of nitrogens with one attached hydrogen (secondary N) is 1. The number of fused-ring (bicyclic) bond motifs is 8. The molecule has 1 N–H and O–H groups in total. The van der Waals surface area contributed by atoms with E-state index >= 15 is 0 Å². The Morgan fingerprint density at radius 1 is 0.545 bits per heavy atom. The quantitative estimate of drug-likeness (QED) is 0.165. The first-order valence-corrected chi connectivity index (χ1v) is 21.9. The van der Waals surface area contributed by atoms with E-state index in [1.807, 2.05) is 0 Å². The van der Waals surface area contributed by atoms with Gasteiger partial charge in [-0.25, -0.2) is 9.97 Å². The van der Waals surface area contributed by atoms with Crippen molar-refractivity contribution in [3.05, 3.63) is 69.3 Å². The van der Waals surface area contributed by atoms with Crippen molar-refractivity contribution in [2.75, 3.05) is 39.3 Å². The predicted molar refractivity (Wildman–Crippen MR) is 225 cm³/mol. The van der Waals surface area contributed by atoms with Gasteiger partial charge in [0.25, 0.3) is 0 Å². The summed E-state index contributed by atoms with van der Waals surface area (Å²) in [5.74, 6) is 1.26. The maximum atomic E-state index is 5.64. The second-order valence-corrected chi connectivity index (χ2v) is 17.1. The zero-order chi connectivity index (χ0) is 36.6. The van der Waals surface area contributed by atoms with Gasteiger partial charge in [-0.1, -0.05) is 70.7 Å². The third-order valence-corrected chi connectivity index (χ3v) is 13.8. The Morgan fingerprint density at radius 2 is 1.00 bits per heavy atom. The third kappa shape index (κ3) is 7.84. The standard InChI is InChI=1S/C47H61N7.Mn/c1-4-34-17-10-18-35(48-34)47-42-25-23-37(51-42)44(31-13-8-7-9-14-31)36-19-20-38(49-36)45(32-15-11-27-53(5-2)29-32)39-21-22-40(50-39)46(41-24-26-43(47)52-41)33-16-12-28-54(6-3)30-33;/h19-26,31-35,48H,4-18,27-30H2,1-3H3;/q-2;+3. The van der Waals surface area contributed by atoms with Crippen molar-refractivity contribution >= 4 is 46.4 Å². The summed E-state index contributed by atoms with van der Waals surface area (Å²) in [7, 11) is 0. The zero-order valence-electron chi connectivity index (χ0n) is 33.5. The van der Waals surface area contributed by atoms with Crippen LogP contribution >= 0.6 is 0 Å². The molecule has 3 aromatic heterocycles. The minimum atomic E-state index is 0. The van der Waals surface area contributed by atoms with Gasteiger partial charge >= 0.3 is 17.1 Å². The molecule has 0 radical (unpaired) electrons. The molecule has 1 aliphatic carbocycles. The minimum Gasteiger partial charge on any atom is -0.657 e. The van der Waals surface area contributed by atoms with Crippen LogP contribution < -0.4 is 15.3 Å². The molecule has 8 heteroatoms. The Labute approximate surface area is 339 Å². The number of piperidine rings is 3. The van der Waals surface area contributed by atoms with Gasteiger partial charge in [-0.2, -0.15) is 0 Å². The molecule has 0 aromatic carbocycles. The molecule has 8 bridgehead atoms. The summed E-state index contributed by atoms with van der Waals surface area (Å²) in [4.78, 5) is 27.7. The molecule has 3 saturated heterocycles. The molecule has 4 unspecified atom stereocenters. The maximum absolute atomic E-state index is 5.64. The van der Waals surface area contributed by atoms with Crippen molar-refractivity contribution in [2.45, 2.75) is 134 Å². The molecule has 5 aliphatic heterocycles. The summed E-state index contributed by atoms with van der Waals surface area (Å²) in [5.41, 5.74) is 14.1. The Hall–Kier alpha value is -3.00. The van der Waals surface area contributed by atoms with E-state index < -0.39 is 0 Å². The number of aromatic nitrogens is 4. The molecule has 4 fully saturated rings. The van der Waals surface area contributed by atoms with E-state index in [9.17, 15) is 0 Å². The van der Waals surface area contributed by atoms with Crippen LogP contribution in [0.1, 0.15) is 173 Å². The number of rotatable bonds is 7. The van der Waals surface area contributed by atoms with Crippen LogP contribution in [0.4, 0.5) is 0 Å². The molecule has 8 heterocycles. The number of likely N-dealkylation sites (tertiary alicyclic amines) is 2. The molecule has 7 nitrogen and oxygen atoms in total. The van der Waals surface area contributed by atoms with Crippen molar-refractivity contribution in [3.8, 4) is 0 Å². The molecule has 0 amide bonds. The summed E-state index contributed by atoms with van der Waals surface area (Å²) >= 11 is 0. The Bertz CT molecular complexity index is 2030. The fourth-order valence-corrected chi connectivity index (χ4v) is 10.9. The average molecular weight is 779 g/mol. The fraction of sp³-hybridized carbons (Fsp3) is 0.574. The maximum Gasteiger partial charge on any atom is 3.00 e. The van der Waals surface area contributed by atoms with Crippen molar-refractivity contribution in [1.82, 2.24) is 35.1 Å². The first-order chi connectivity index (χ1) is 26.6. The Kier molecular flexibility index (Phi) is 12.2. The smallest absolute Gasteiger partial charge is 0.657 e. The zero-order valence-corrected chi connectivity index (χ0v) is 34.7. The summed E-state index contributed by atoms with van der Waals surface area (Å²) < 4.78 is 0. The van der Waals surface area contributed by atoms with Crippen molar-refractivity contribution in [3.63, 3.8) is 0 Å². The van der Waals surface area contributed by atoms with E-state index in [0.717, 1.165) is 83.9 Å². The average Bonchev–Trinajstić information content (AvgIpc) is 4.07. The summed E-state index contributed by atoms with van der Waals surface area (Å²) in [5, 5.41) is 4.06. The molecule has 4 atom stereocenters. The topological polar surface area (TPSA) is 72.5 Å². The van der Waals surface area contributed by atoms with Crippen LogP contribution in [0.2, 0.25) is 0 Å². The normalized spacial score (nSPS) is 25.3. The van der Waals surface area contributed by atoms with Gasteiger partial charge in [-0.3, -0.25) is 0 Å². The number of likely N-dealkylation sites (N-methyl/N-ethyl adjacent to an activating group) is 2. The van der Waals surface area contributed by atoms with Crippen LogP contribution in [0.25, 0.3) is 46.4 Å². The van der Waals surface area contributed by atoms with Crippen LogP contribution in [0.5, 0.6) is 0 Å². The summed E-state index contributed by atoms with van der Waals surface area (Å²) in [6, 6.07) is 9.99. The Balaban J connectivity index is 0.00000427. The van der Waals surface area contributed by atoms with E-state index in [0.29, 0.717) is 23.8 Å². The van der Waals surface area contributed by atoms with Crippen LogP contribution in [-0.2, 0) is 17.1 Å². The van der Waals surface area contributed by atoms with Crippen molar-refractivity contribution < 1.29 is 17.1 Å². The van der Waals surface area contributed by atoms with Gasteiger partial charge in [0.1, 0.15) is 0 Å². The SMILES string of the molecule is CCC1CCCC(c2c3nc(c(C4CCCN(CC)C4)c4ccc([n-]4)c(C4CCCN(CC)C4)c4nc(c(C5CCCCC5)c5ccc2[n-]5)C=C4)C=C3)N1.[Mn+3]. The van der Waals surface area contributed by atoms with E-state index in [4.69, 9.17) is 19.9 Å². The van der Waals surface area contributed by atoms with Crippen LogP contribution in [0.15, 0.2) is 24.3 Å². The summed E-state index contributed by atoms with van der Waals surface area (Å²) in [6.45, 7) is 13.6. The minimum absolute atomic E-state index is 0. The second kappa shape index (κ2) is 17.2. The van der Waals surface area contributed by atoms with E-state index in [1.165, 1.54) is 106 Å². The Morgan fingerprint density at radius 3 is 1.49 bits per heavy atom. The molecule has 6 aliphatic rings. The largest absolute Gasteiger partial charge is 3.00 e. The predicted octanol–water partition coefficient (Wildman–Crippen LogP) is 9.95. The van der Waals surface area contributed by atoms with Crippen LogP contribution in [0, 0.1) is 0 Å². The third-order valence-electron chi connectivity index (χ3n) is 13.8. The number of nitrogens with zero attached hydrogens (tertiary/aromatic N) is 6. The molecule has 3 aromatic rings. The van der Waals surface area contributed by atoms with E-state index in [1.54, 1.807) is 0 Å². The monoisotopic (exact) mass is 778 g/mol. The summed E-state index contributed by atoms with van der Waals surface area (Å²) in [6.07, 6.45) is 25.0. The first kappa shape index (κ1) is 38.9. The van der Waals surface area contributed by atoms with Gasteiger partial charge in [0.05, 0.1) is 22.8 Å². The molecular weight excluding hydrogens is 718 g/mol. The molecule has 55 heavy (non-hydrogen) atoms. The van der Waals surface area contributed by atoms with Crippen molar-refractivity contribution in [2.24, 2.45) is 0 Å².